The highest BCUT2D eigenvalue weighted by molar-refractivity contribution is 7.21. The summed E-state index contributed by atoms with van der Waals surface area (Å²) in [5, 5.41) is 4.85. The van der Waals surface area contributed by atoms with Crippen molar-refractivity contribution in [2.24, 2.45) is 0 Å². The van der Waals surface area contributed by atoms with Gasteiger partial charge in [0.05, 0.1) is 24.8 Å². The number of thiophene rings is 1. The first-order valence-electron chi connectivity index (χ1n) is 6.31. The van der Waals surface area contributed by atoms with Gasteiger partial charge in [0.25, 0.3) is 0 Å². The van der Waals surface area contributed by atoms with Crippen LogP contribution < -0.4 is 10.5 Å². The lowest BCUT2D eigenvalue weighted by Gasteiger charge is -2.06. The number of hydrogen-bond acceptors (Lipinski definition) is 7. The number of aryl methyl sites for hydroxylation is 1. The molecular weight excluding hydrogens is 322 g/mol. The molecule has 0 aliphatic carbocycles. The quantitative estimate of drug-likeness (QED) is 0.602. The standard InChI is InChI=1S/C14H11N3OS3/c1-7-17-12-11(20-7)4-10(9-2-3-19-13(9)12)18-6-8-5-16-14(15)21-8/h2-5H,6H2,1H3,(H2,15,16). The molecule has 2 N–H and O–H groups in total. The van der Waals surface area contributed by atoms with Gasteiger partial charge in [0.2, 0.25) is 0 Å². The van der Waals surface area contributed by atoms with Gasteiger partial charge in [-0.3, -0.25) is 0 Å². The van der Waals surface area contributed by atoms with Gasteiger partial charge in [-0.1, -0.05) is 11.3 Å². The molecule has 0 saturated heterocycles. The maximum Gasteiger partial charge on any atom is 0.180 e. The summed E-state index contributed by atoms with van der Waals surface area (Å²) < 4.78 is 8.35. The minimum Gasteiger partial charge on any atom is -0.487 e. The van der Waals surface area contributed by atoms with Gasteiger partial charge in [-0.05, 0) is 18.4 Å². The molecule has 0 aliphatic heterocycles. The van der Waals surface area contributed by atoms with Gasteiger partial charge in [-0.2, -0.15) is 0 Å². The van der Waals surface area contributed by atoms with Gasteiger partial charge in [0.15, 0.2) is 5.13 Å². The molecule has 0 spiro atoms. The molecule has 4 aromatic rings. The number of fused-ring (bicyclic) bond motifs is 3. The first-order chi connectivity index (χ1) is 10.2. The third-order valence-electron chi connectivity index (χ3n) is 3.11. The number of thiazole rings is 2. The monoisotopic (exact) mass is 333 g/mol. The van der Waals surface area contributed by atoms with Crippen LogP contribution in [0, 0.1) is 6.92 Å². The number of anilines is 1. The summed E-state index contributed by atoms with van der Waals surface area (Å²) in [5.41, 5.74) is 6.73. The Bertz CT molecular complexity index is 938. The maximum absolute atomic E-state index is 5.99. The molecule has 3 heterocycles. The molecule has 4 nitrogen and oxygen atoms in total. The third kappa shape index (κ3) is 2.27. The second-order valence-corrected chi connectivity index (χ2v) is 7.87. The largest absolute Gasteiger partial charge is 0.487 e. The topological polar surface area (TPSA) is 61.0 Å². The van der Waals surface area contributed by atoms with Crippen LogP contribution in [-0.2, 0) is 6.61 Å². The van der Waals surface area contributed by atoms with Gasteiger partial charge in [0.1, 0.15) is 12.4 Å². The van der Waals surface area contributed by atoms with Gasteiger partial charge < -0.3 is 10.5 Å². The van der Waals surface area contributed by atoms with Gasteiger partial charge >= 0.3 is 0 Å². The Hall–Kier alpha value is -1.70. The number of rotatable bonds is 3. The second kappa shape index (κ2) is 4.94. The minimum absolute atomic E-state index is 0.489. The van der Waals surface area contributed by atoms with E-state index in [1.807, 2.05) is 6.92 Å². The van der Waals surface area contributed by atoms with Crippen LogP contribution in [0.4, 0.5) is 5.13 Å². The van der Waals surface area contributed by atoms with E-state index in [4.69, 9.17) is 10.5 Å². The summed E-state index contributed by atoms with van der Waals surface area (Å²) in [6.07, 6.45) is 1.76. The van der Waals surface area contributed by atoms with Crippen molar-refractivity contribution in [3.05, 3.63) is 33.6 Å². The summed E-state index contributed by atoms with van der Waals surface area (Å²) in [4.78, 5) is 9.69. The van der Waals surface area contributed by atoms with E-state index in [-0.39, 0.29) is 0 Å². The Labute approximate surface area is 132 Å². The zero-order chi connectivity index (χ0) is 14.4. The lowest BCUT2D eigenvalue weighted by molar-refractivity contribution is 0.314. The maximum atomic E-state index is 5.99. The van der Waals surface area contributed by atoms with Crippen molar-refractivity contribution in [1.82, 2.24) is 9.97 Å². The molecule has 0 atom stereocenters. The van der Waals surface area contributed by atoms with E-state index >= 15 is 0 Å². The zero-order valence-electron chi connectivity index (χ0n) is 11.1. The Kier molecular flexibility index (Phi) is 3.06. The Morgan fingerprint density at radius 2 is 2.24 bits per heavy atom. The number of nitrogens with two attached hydrogens (primary N) is 1. The van der Waals surface area contributed by atoms with E-state index in [2.05, 4.69) is 27.5 Å². The summed E-state index contributed by atoms with van der Waals surface area (Å²) >= 11 is 4.86. The van der Waals surface area contributed by atoms with Crippen LogP contribution in [0.15, 0.2) is 23.7 Å². The molecule has 0 saturated carbocycles. The molecule has 4 rings (SSSR count). The van der Waals surface area contributed by atoms with Crippen molar-refractivity contribution < 1.29 is 4.74 Å². The third-order valence-corrected chi connectivity index (χ3v) is 5.75. The van der Waals surface area contributed by atoms with E-state index in [9.17, 15) is 0 Å². The molecule has 3 aromatic heterocycles. The van der Waals surface area contributed by atoms with E-state index in [1.165, 1.54) is 20.7 Å². The molecule has 0 aliphatic rings. The fourth-order valence-electron chi connectivity index (χ4n) is 2.24. The van der Waals surface area contributed by atoms with Gasteiger partial charge in [-0.25, -0.2) is 9.97 Å². The fraction of sp³-hybridized carbons (Fsp3) is 0.143. The van der Waals surface area contributed by atoms with Gasteiger partial charge in [0, 0.05) is 17.6 Å². The van der Waals surface area contributed by atoms with Crippen molar-refractivity contribution in [2.45, 2.75) is 13.5 Å². The van der Waals surface area contributed by atoms with Crippen molar-refractivity contribution in [3.8, 4) is 5.75 Å². The first kappa shape index (κ1) is 13.0. The van der Waals surface area contributed by atoms with Crippen LogP contribution in [0.1, 0.15) is 9.88 Å². The predicted octanol–water partition coefficient (Wildman–Crippen LogP) is 4.44. The SMILES string of the molecule is Cc1nc2c(cc(OCc3cnc(N)s3)c3ccsc32)s1. The molecule has 0 radical (unpaired) electrons. The highest BCUT2D eigenvalue weighted by Gasteiger charge is 2.13. The Morgan fingerprint density at radius 3 is 3.05 bits per heavy atom. The fourth-order valence-corrected chi connectivity index (χ4v) is 4.67. The molecule has 1 aromatic carbocycles. The lowest BCUT2D eigenvalue weighted by atomic mass is 10.2. The summed E-state index contributed by atoms with van der Waals surface area (Å²) in [6, 6.07) is 4.17. The number of nitrogen functional groups attached to an aromatic ring is 1. The average molecular weight is 333 g/mol. The molecule has 0 fully saturated rings. The van der Waals surface area contributed by atoms with E-state index in [0.29, 0.717) is 11.7 Å². The van der Waals surface area contributed by atoms with Crippen molar-refractivity contribution in [3.63, 3.8) is 0 Å². The Morgan fingerprint density at radius 1 is 1.33 bits per heavy atom. The Balaban J connectivity index is 1.77. The van der Waals surface area contributed by atoms with Gasteiger partial charge in [-0.15, -0.1) is 22.7 Å². The molecular formula is C14H11N3OS3. The molecule has 106 valence electrons. The molecule has 7 heteroatoms. The van der Waals surface area contributed by atoms with Crippen molar-refractivity contribution in [2.75, 3.05) is 5.73 Å². The van der Waals surface area contributed by atoms with Crippen LogP contribution in [0.25, 0.3) is 20.3 Å². The molecule has 0 bridgehead atoms. The smallest absolute Gasteiger partial charge is 0.180 e. The number of hydrogen-bond donors (Lipinski definition) is 1. The molecule has 21 heavy (non-hydrogen) atoms. The second-order valence-electron chi connectivity index (χ2n) is 4.57. The van der Waals surface area contributed by atoms with Crippen LogP contribution in [0.2, 0.25) is 0 Å². The number of nitrogens with zero attached hydrogens (tertiary/aromatic N) is 2. The number of ether oxygens (including phenoxy) is 1. The predicted molar refractivity (Wildman–Crippen MR) is 90.6 cm³/mol. The van der Waals surface area contributed by atoms with Crippen molar-refractivity contribution in [1.29, 1.82) is 0 Å². The summed E-state index contributed by atoms with van der Waals surface area (Å²) in [7, 11) is 0. The summed E-state index contributed by atoms with van der Waals surface area (Å²) in [5.74, 6) is 0.898. The highest BCUT2D eigenvalue weighted by atomic mass is 32.1. The normalized spacial score (nSPS) is 11.5. The molecule has 0 unspecified atom stereocenters. The number of aromatic nitrogens is 2. The number of benzene rings is 1. The van der Waals surface area contributed by atoms with Crippen LogP contribution in [-0.4, -0.2) is 9.97 Å². The van der Waals surface area contributed by atoms with Crippen LogP contribution in [0.3, 0.4) is 0 Å². The van der Waals surface area contributed by atoms with Crippen LogP contribution >= 0.6 is 34.0 Å². The minimum atomic E-state index is 0.489. The summed E-state index contributed by atoms with van der Waals surface area (Å²) in [6.45, 7) is 2.52. The first-order valence-corrected chi connectivity index (χ1v) is 8.82. The van der Waals surface area contributed by atoms with Crippen LogP contribution in [0.5, 0.6) is 5.75 Å². The lowest BCUT2D eigenvalue weighted by Crippen LogP contribution is -1.93. The van der Waals surface area contributed by atoms with E-state index < -0.39 is 0 Å². The highest BCUT2D eigenvalue weighted by Crippen LogP contribution is 2.39. The average Bonchev–Trinajstić information content (AvgIpc) is 3.14. The van der Waals surface area contributed by atoms with Crippen molar-refractivity contribution >= 4 is 59.4 Å². The van der Waals surface area contributed by atoms with E-state index in [1.54, 1.807) is 28.9 Å². The van der Waals surface area contributed by atoms with E-state index in [0.717, 1.165) is 26.5 Å². The molecule has 0 amide bonds. The zero-order valence-corrected chi connectivity index (χ0v) is 13.6.